The molecule has 0 saturated carbocycles. The first kappa shape index (κ1) is 14.6. The molecule has 0 aromatic carbocycles. The summed E-state index contributed by atoms with van der Waals surface area (Å²) in [6, 6.07) is -0.609. The number of methoxy groups -OCH3 is 1. The third-order valence-electron chi connectivity index (χ3n) is 2.45. The van der Waals surface area contributed by atoms with Crippen molar-refractivity contribution in [2.75, 3.05) is 7.11 Å². The molecule has 1 N–H and O–H groups in total. The number of ether oxygens (including phenoxy) is 1. The highest BCUT2D eigenvalue weighted by Gasteiger charge is 2.24. The number of hydrogen-bond donors (Lipinski definition) is 1. The van der Waals surface area contributed by atoms with Gasteiger partial charge in [0, 0.05) is 5.38 Å². The number of rotatable bonds is 5. The van der Waals surface area contributed by atoms with Crippen LogP contribution in [0.4, 0.5) is 0 Å². The van der Waals surface area contributed by atoms with Crippen LogP contribution in [-0.2, 0) is 20.7 Å². The summed E-state index contributed by atoms with van der Waals surface area (Å²) in [4.78, 5) is 27.5. The minimum absolute atomic E-state index is 0.0152. The van der Waals surface area contributed by atoms with Gasteiger partial charge in [-0.2, -0.15) is 0 Å². The van der Waals surface area contributed by atoms with Crippen molar-refractivity contribution in [3.05, 3.63) is 16.1 Å². The molecule has 5 nitrogen and oxygen atoms in total. The number of carbonyl (C=O) groups excluding carboxylic acids is 2. The monoisotopic (exact) mass is 270 g/mol. The number of thiazole rings is 1. The van der Waals surface area contributed by atoms with E-state index in [0.29, 0.717) is 0 Å². The van der Waals surface area contributed by atoms with Gasteiger partial charge in [-0.25, -0.2) is 9.78 Å². The van der Waals surface area contributed by atoms with Crippen molar-refractivity contribution in [2.24, 2.45) is 5.92 Å². The lowest BCUT2D eigenvalue weighted by Gasteiger charge is -2.19. The molecule has 0 radical (unpaired) electrons. The second-order valence-corrected chi connectivity index (χ2v) is 5.41. The maximum atomic E-state index is 11.8. The summed E-state index contributed by atoms with van der Waals surface area (Å²) in [5, 5.41) is 5.44. The highest BCUT2D eigenvalue weighted by Crippen LogP contribution is 2.09. The van der Waals surface area contributed by atoms with Crippen LogP contribution in [0.15, 0.2) is 5.38 Å². The molecule has 1 unspecified atom stereocenters. The molecule has 0 spiro atoms. The zero-order valence-corrected chi connectivity index (χ0v) is 11.8. The maximum Gasteiger partial charge on any atom is 0.328 e. The summed E-state index contributed by atoms with van der Waals surface area (Å²) in [6.45, 7) is 5.60. The lowest BCUT2D eigenvalue weighted by molar-refractivity contribution is -0.146. The predicted octanol–water partition coefficient (Wildman–Crippen LogP) is 1.31. The Balaban J connectivity index is 2.59. The Hall–Kier alpha value is -1.43. The van der Waals surface area contributed by atoms with Crippen LogP contribution in [0, 0.1) is 12.8 Å². The van der Waals surface area contributed by atoms with E-state index in [-0.39, 0.29) is 18.2 Å². The molecule has 100 valence electrons. The molecule has 1 atom stereocenters. The quantitative estimate of drug-likeness (QED) is 0.819. The van der Waals surface area contributed by atoms with Gasteiger partial charge in [0.15, 0.2) is 0 Å². The van der Waals surface area contributed by atoms with E-state index in [4.69, 9.17) is 0 Å². The SMILES string of the molecule is COC(=O)C(NC(=O)Cc1csc(C)n1)C(C)C. The molecule has 0 aliphatic carbocycles. The van der Waals surface area contributed by atoms with Gasteiger partial charge < -0.3 is 10.1 Å². The van der Waals surface area contributed by atoms with Gasteiger partial charge in [-0.1, -0.05) is 13.8 Å². The third kappa shape index (κ3) is 4.10. The Morgan fingerprint density at radius 2 is 2.17 bits per heavy atom. The van der Waals surface area contributed by atoms with Crippen LogP contribution in [-0.4, -0.2) is 30.0 Å². The van der Waals surface area contributed by atoms with E-state index in [2.05, 4.69) is 15.0 Å². The standard InChI is InChI=1S/C12H18N2O3S/c1-7(2)11(12(16)17-4)14-10(15)5-9-6-18-8(3)13-9/h6-7,11H,5H2,1-4H3,(H,14,15). The summed E-state index contributed by atoms with van der Waals surface area (Å²) in [5.41, 5.74) is 0.724. The van der Waals surface area contributed by atoms with E-state index in [1.54, 1.807) is 0 Å². The molecule has 6 heteroatoms. The maximum absolute atomic E-state index is 11.8. The fourth-order valence-electron chi connectivity index (χ4n) is 1.50. The van der Waals surface area contributed by atoms with E-state index in [0.717, 1.165) is 10.7 Å². The van der Waals surface area contributed by atoms with Gasteiger partial charge >= 0.3 is 5.97 Å². The van der Waals surface area contributed by atoms with Crippen molar-refractivity contribution >= 4 is 23.2 Å². The van der Waals surface area contributed by atoms with Gasteiger partial charge in [0.25, 0.3) is 0 Å². The topological polar surface area (TPSA) is 68.3 Å². The fraction of sp³-hybridized carbons (Fsp3) is 0.583. The zero-order chi connectivity index (χ0) is 13.7. The third-order valence-corrected chi connectivity index (χ3v) is 3.27. The van der Waals surface area contributed by atoms with E-state index < -0.39 is 12.0 Å². The van der Waals surface area contributed by atoms with Gasteiger partial charge in [-0.05, 0) is 12.8 Å². The molecule has 1 rings (SSSR count). The summed E-state index contributed by atoms with van der Waals surface area (Å²) in [7, 11) is 1.31. The Morgan fingerprint density at radius 3 is 2.61 bits per heavy atom. The normalized spacial score (nSPS) is 12.3. The van der Waals surface area contributed by atoms with Crippen LogP contribution in [0.3, 0.4) is 0 Å². The van der Waals surface area contributed by atoms with Gasteiger partial charge in [0.1, 0.15) is 6.04 Å². The molecule has 1 amide bonds. The average molecular weight is 270 g/mol. The van der Waals surface area contributed by atoms with E-state index in [9.17, 15) is 9.59 Å². The van der Waals surface area contributed by atoms with Crippen LogP contribution < -0.4 is 5.32 Å². The number of nitrogens with zero attached hydrogens (tertiary/aromatic N) is 1. The number of hydrogen-bond acceptors (Lipinski definition) is 5. The average Bonchev–Trinajstić information content (AvgIpc) is 2.70. The molecule has 0 bridgehead atoms. The fourth-order valence-corrected chi connectivity index (χ4v) is 2.12. The van der Waals surface area contributed by atoms with E-state index >= 15 is 0 Å². The van der Waals surface area contributed by atoms with Crippen molar-refractivity contribution < 1.29 is 14.3 Å². The highest BCUT2D eigenvalue weighted by atomic mass is 32.1. The second-order valence-electron chi connectivity index (χ2n) is 4.35. The van der Waals surface area contributed by atoms with Gasteiger partial charge in [-0.15, -0.1) is 11.3 Å². The molecule has 1 heterocycles. The highest BCUT2D eigenvalue weighted by molar-refractivity contribution is 7.09. The predicted molar refractivity (Wildman–Crippen MR) is 69.3 cm³/mol. The first-order valence-electron chi connectivity index (χ1n) is 5.72. The minimum Gasteiger partial charge on any atom is -0.467 e. The number of carbonyl (C=O) groups is 2. The van der Waals surface area contributed by atoms with Gasteiger partial charge in [-0.3, -0.25) is 4.79 Å². The van der Waals surface area contributed by atoms with Crippen molar-refractivity contribution in [1.29, 1.82) is 0 Å². The molecule has 0 aliphatic rings. The molecule has 1 aromatic heterocycles. The molecular formula is C12H18N2O3S. The Labute approximate surface area is 111 Å². The Bertz CT molecular complexity index is 429. The Morgan fingerprint density at radius 1 is 1.50 bits per heavy atom. The van der Waals surface area contributed by atoms with E-state index in [1.165, 1.54) is 18.4 Å². The summed E-state index contributed by atoms with van der Waals surface area (Å²) in [5.74, 6) is -0.657. The van der Waals surface area contributed by atoms with Gasteiger partial charge in [0.05, 0.1) is 24.2 Å². The minimum atomic E-state index is -0.609. The molecule has 0 aliphatic heterocycles. The number of amides is 1. The van der Waals surface area contributed by atoms with Crippen molar-refractivity contribution in [3.8, 4) is 0 Å². The lowest BCUT2D eigenvalue weighted by atomic mass is 10.0. The smallest absolute Gasteiger partial charge is 0.328 e. The van der Waals surface area contributed by atoms with E-state index in [1.807, 2.05) is 26.2 Å². The van der Waals surface area contributed by atoms with Crippen LogP contribution in [0.5, 0.6) is 0 Å². The zero-order valence-electron chi connectivity index (χ0n) is 11.0. The second kappa shape index (κ2) is 6.49. The van der Waals surface area contributed by atoms with Crippen LogP contribution in [0.25, 0.3) is 0 Å². The molecule has 0 saturated heterocycles. The molecular weight excluding hydrogens is 252 g/mol. The number of esters is 1. The Kier molecular flexibility index (Phi) is 5.27. The van der Waals surface area contributed by atoms with Crippen LogP contribution in [0.2, 0.25) is 0 Å². The molecule has 18 heavy (non-hydrogen) atoms. The van der Waals surface area contributed by atoms with Crippen LogP contribution in [0.1, 0.15) is 24.5 Å². The van der Waals surface area contributed by atoms with Crippen molar-refractivity contribution in [2.45, 2.75) is 33.2 Å². The lowest BCUT2D eigenvalue weighted by Crippen LogP contribution is -2.45. The van der Waals surface area contributed by atoms with Crippen molar-refractivity contribution in [1.82, 2.24) is 10.3 Å². The summed E-state index contributed by atoms with van der Waals surface area (Å²) >= 11 is 1.50. The largest absolute Gasteiger partial charge is 0.467 e. The summed E-state index contributed by atoms with van der Waals surface area (Å²) in [6.07, 6.45) is 0.185. The number of nitrogens with one attached hydrogen (secondary N) is 1. The number of aromatic nitrogens is 1. The van der Waals surface area contributed by atoms with Crippen LogP contribution >= 0.6 is 11.3 Å². The van der Waals surface area contributed by atoms with Crippen molar-refractivity contribution in [3.63, 3.8) is 0 Å². The molecule has 0 fully saturated rings. The van der Waals surface area contributed by atoms with Gasteiger partial charge in [0.2, 0.25) is 5.91 Å². The first-order valence-corrected chi connectivity index (χ1v) is 6.60. The number of aryl methyl sites for hydroxylation is 1. The summed E-state index contributed by atoms with van der Waals surface area (Å²) < 4.78 is 4.66. The molecule has 1 aromatic rings. The first-order chi connectivity index (χ1) is 8.43.